The summed E-state index contributed by atoms with van der Waals surface area (Å²) in [6, 6.07) is 9.55. The van der Waals surface area contributed by atoms with Crippen LogP contribution in [0.3, 0.4) is 0 Å². The first kappa shape index (κ1) is 10.7. The lowest BCUT2D eigenvalue weighted by Gasteiger charge is -1.96. The molecule has 0 unspecified atom stereocenters. The van der Waals surface area contributed by atoms with Crippen LogP contribution in [0.5, 0.6) is 5.75 Å². The van der Waals surface area contributed by atoms with Gasteiger partial charge in [-0.3, -0.25) is 0 Å². The topological polar surface area (TPSA) is 50.4 Å². The Morgan fingerprint density at radius 3 is 2.89 bits per heavy atom. The van der Waals surface area contributed by atoms with E-state index in [9.17, 15) is 9.50 Å². The van der Waals surface area contributed by atoms with E-state index >= 15 is 0 Å². The Labute approximate surface area is 102 Å². The molecule has 0 amide bonds. The van der Waals surface area contributed by atoms with E-state index in [2.05, 4.69) is 10.1 Å². The van der Waals surface area contributed by atoms with Gasteiger partial charge in [0.1, 0.15) is 5.82 Å². The normalized spacial score (nSPS) is 10.9. The van der Waals surface area contributed by atoms with Crippen LogP contribution in [-0.4, -0.2) is 19.7 Å². The summed E-state index contributed by atoms with van der Waals surface area (Å²) >= 11 is 0. The van der Waals surface area contributed by atoms with Gasteiger partial charge in [0, 0.05) is 12.6 Å². The fourth-order valence-electron chi connectivity index (χ4n) is 1.84. The summed E-state index contributed by atoms with van der Waals surface area (Å²) in [7, 11) is 0. The predicted molar refractivity (Wildman–Crippen MR) is 63.9 cm³/mol. The molecule has 0 bridgehead atoms. The van der Waals surface area contributed by atoms with Crippen LogP contribution in [0.1, 0.15) is 11.4 Å². The predicted octanol–water partition coefficient (Wildman–Crippen LogP) is 2.16. The molecule has 0 saturated carbocycles. The maximum absolute atomic E-state index is 13.1. The number of aromatic hydroxyl groups is 1. The highest BCUT2D eigenvalue weighted by atomic mass is 19.1. The fraction of sp³-hybridized carbons (Fsp3) is 0.0769. The largest absolute Gasteiger partial charge is 0.504 e. The first-order valence-electron chi connectivity index (χ1n) is 5.50. The summed E-state index contributed by atoms with van der Waals surface area (Å²) < 4.78 is 14.6. The van der Waals surface area contributed by atoms with E-state index in [1.165, 1.54) is 16.6 Å². The Hall–Kier alpha value is -2.43. The molecule has 0 saturated heterocycles. The minimum atomic E-state index is -0.279. The number of fused-ring (bicyclic) bond motifs is 1. The molecule has 1 aromatic carbocycles. The standard InChI is InChI=1S/C13H10FN3O/c14-10-4-1-3-9(7-10)8-12-15-13-11(18)5-2-6-17(13)16-12/h1-7,18H,8H2. The molecule has 1 N–H and O–H groups in total. The van der Waals surface area contributed by atoms with Gasteiger partial charge in [-0.1, -0.05) is 12.1 Å². The number of aromatic nitrogens is 3. The van der Waals surface area contributed by atoms with Crippen molar-refractivity contribution in [2.45, 2.75) is 6.42 Å². The fourth-order valence-corrected chi connectivity index (χ4v) is 1.84. The van der Waals surface area contributed by atoms with Crippen molar-refractivity contribution in [3.63, 3.8) is 0 Å². The summed E-state index contributed by atoms with van der Waals surface area (Å²) in [5.74, 6) is 0.344. The van der Waals surface area contributed by atoms with E-state index in [-0.39, 0.29) is 11.6 Å². The number of hydrogen-bond acceptors (Lipinski definition) is 3. The van der Waals surface area contributed by atoms with Gasteiger partial charge in [0.25, 0.3) is 0 Å². The quantitative estimate of drug-likeness (QED) is 0.750. The molecule has 5 heteroatoms. The van der Waals surface area contributed by atoms with Crippen LogP contribution >= 0.6 is 0 Å². The van der Waals surface area contributed by atoms with Crippen molar-refractivity contribution < 1.29 is 9.50 Å². The molecule has 0 atom stereocenters. The number of hydrogen-bond donors (Lipinski definition) is 1. The summed E-state index contributed by atoms with van der Waals surface area (Å²) in [6.07, 6.45) is 2.13. The third-order valence-corrected chi connectivity index (χ3v) is 2.64. The lowest BCUT2D eigenvalue weighted by atomic mass is 10.1. The molecule has 3 rings (SSSR count). The molecule has 2 heterocycles. The molecule has 2 aromatic heterocycles. The van der Waals surface area contributed by atoms with Crippen molar-refractivity contribution in [1.29, 1.82) is 0 Å². The number of benzene rings is 1. The average molecular weight is 243 g/mol. The highest BCUT2D eigenvalue weighted by Gasteiger charge is 2.07. The smallest absolute Gasteiger partial charge is 0.197 e. The summed E-state index contributed by atoms with van der Waals surface area (Å²) in [6.45, 7) is 0. The van der Waals surface area contributed by atoms with Crippen LogP contribution in [0.4, 0.5) is 4.39 Å². The Morgan fingerprint density at radius 2 is 2.11 bits per heavy atom. The molecular weight excluding hydrogens is 233 g/mol. The van der Waals surface area contributed by atoms with E-state index < -0.39 is 0 Å². The van der Waals surface area contributed by atoms with Crippen molar-refractivity contribution in [1.82, 2.24) is 14.6 Å². The molecule has 0 aliphatic carbocycles. The van der Waals surface area contributed by atoms with Gasteiger partial charge in [-0.05, 0) is 29.8 Å². The zero-order valence-electron chi connectivity index (χ0n) is 9.42. The van der Waals surface area contributed by atoms with Gasteiger partial charge < -0.3 is 5.11 Å². The lowest BCUT2D eigenvalue weighted by Crippen LogP contribution is -1.92. The molecule has 90 valence electrons. The molecule has 4 nitrogen and oxygen atoms in total. The van der Waals surface area contributed by atoms with Gasteiger partial charge in [-0.15, -0.1) is 0 Å². The maximum atomic E-state index is 13.1. The van der Waals surface area contributed by atoms with Crippen LogP contribution in [0.15, 0.2) is 42.6 Å². The van der Waals surface area contributed by atoms with Crippen molar-refractivity contribution in [3.8, 4) is 5.75 Å². The zero-order valence-corrected chi connectivity index (χ0v) is 9.42. The highest BCUT2D eigenvalue weighted by molar-refractivity contribution is 5.51. The van der Waals surface area contributed by atoms with Gasteiger partial charge in [-0.25, -0.2) is 13.9 Å². The lowest BCUT2D eigenvalue weighted by molar-refractivity contribution is 0.477. The third kappa shape index (κ3) is 1.90. The van der Waals surface area contributed by atoms with E-state index in [0.29, 0.717) is 17.9 Å². The van der Waals surface area contributed by atoms with Gasteiger partial charge >= 0.3 is 0 Å². The molecule has 0 spiro atoms. The van der Waals surface area contributed by atoms with Gasteiger partial charge in [0.05, 0.1) is 0 Å². The van der Waals surface area contributed by atoms with Crippen LogP contribution in [0.2, 0.25) is 0 Å². The summed E-state index contributed by atoms with van der Waals surface area (Å²) in [5, 5.41) is 13.8. The number of halogens is 1. The Bertz CT molecular complexity index is 708. The maximum Gasteiger partial charge on any atom is 0.197 e. The van der Waals surface area contributed by atoms with E-state index in [0.717, 1.165) is 5.56 Å². The molecule has 0 fully saturated rings. The zero-order chi connectivity index (χ0) is 12.5. The van der Waals surface area contributed by atoms with E-state index in [4.69, 9.17) is 0 Å². The second-order valence-electron chi connectivity index (χ2n) is 4.00. The highest BCUT2D eigenvalue weighted by Crippen LogP contribution is 2.16. The number of pyridine rings is 1. The third-order valence-electron chi connectivity index (χ3n) is 2.64. The minimum absolute atomic E-state index is 0.0792. The number of rotatable bonds is 2. The van der Waals surface area contributed by atoms with Crippen LogP contribution in [0, 0.1) is 5.82 Å². The van der Waals surface area contributed by atoms with E-state index in [1.54, 1.807) is 24.4 Å². The first-order valence-corrected chi connectivity index (χ1v) is 5.50. The Balaban J connectivity index is 1.98. The van der Waals surface area contributed by atoms with Crippen molar-refractivity contribution in [2.75, 3.05) is 0 Å². The molecule has 18 heavy (non-hydrogen) atoms. The SMILES string of the molecule is Oc1cccn2nc(Cc3cccc(F)c3)nc12. The van der Waals surface area contributed by atoms with Gasteiger partial charge in [0.15, 0.2) is 17.2 Å². The summed E-state index contributed by atoms with van der Waals surface area (Å²) in [5.41, 5.74) is 1.20. The van der Waals surface area contributed by atoms with Crippen LogP contribution < -0.4 is 0 Å². The van der Waals surface area contributed by atoms with Crippen molar-refractivity contribution in [3.05, 3.63) is 59.8 Å². The molecular formula is C13H10FN3O. The summed E-state index contributed by atoms with van der Waals surface area (Å²) in [4.78, 5) is 4.22. The minimum Gasteiger partial charge on any atom is -0.504 e. The molecule has 0 aliphatic rings. The van der Waals surface area contributed by atoms with Crippen LogP contribution in [0.25, 0.3) is 5.65 Å². The second-order valence-corrected chi connectivity index (χ2v) is 4.00. The Kier molecular flexibility index (Phi) is 2.44. The molecule has 0 radical (unpaired) electrons. The second kappa shape index (κ2) is 4.10. The monoisotopic (exact) mass is 243 g/mol. The molecule has 0 aliphatic heterocycles. The van der Waals surface area contributed by atoms with Crippen molar-refractivity contribution >= 4 is 5.65 Å². The van der Waals surface area contributed by atoms with Gasteiger partial charge in [0.2, 0.25) is 0 Å². The van der Waals surface area contributed by atoms with Crippen LogP contribution in [-0.2, 0) is 6.42 Å². The molecule has 3 aromatic rings. The van der Waals surface area contributed by atoms with Crippen molar-refractivity contribution in [2.24, 2.45) is 0 Å². The van der Waals surface area contributed by atoms with Gasteiger partial charge in [-0.2, -0.15) is 5.10 Å². The first-order chi connectivity index (χ1) is 8.72. The Morgan fingerprint density at radius 1 is 1.22 bits per heavy atom. The number of nitrogens with zero attached hydrogens (tertiary/aromatic N) is 3. The van der Waals surface area contributed by atoms with E-state index in [1.807, 2.05) is 6.07 Å². The average Bonchev–Trinajstić information content (AvgIpc) is 2.73.